The number of aromatic nitrogens is 1. The van der Waals surface area contributed by atoms with Gasteiger partial charge in [-0.05, 0) is 30.9 Å². The average molecular weight is 334 g/mol. The Balaban J connectivity index is 1.64. The van der Waals surface area contributed by atoms with Crippen molar-refractivity contribution in [3.05, 3.63) is 41.6 Å². The third kappa shape index (κ3) is 3.80. The lowest BCUT2D eigenvalue weighted by Gasteiger charge is -2.29. The van der Waals surface area contributed by atoms with Crippen LogP contribution < -0.4 is 5.32 Å². The van der Waals surface area contributed by atoms with Crippen molar-refractivity contribution >= 4 is 5.91 Å². The molecule has 1 amide bonds. The number of amides is 1. The largest absolute Gasteiger partial charge is 0.356 e. The molecule has 2 atom stereocenters. The lowest BCUT2D eigenvalue weighted by molar-refractivity contribution is -0.121. The van der Waals surface area contributed by atoms with Crippen molar-refractivity contribution < 1.29 is 18.1 Å². The molecule has 1 aliphatic carbocycles. The van der Waals surface area contributed by atoms with Crippen molar-refractivity contribution in [1.82, 2.24) is 10.5 Å². The van der Waals surface area contributed by atoms with E-state index >= 15 is 0 Å². The Bertz CT molecular complexity index is 730. The molecule has 1 aromatic carbocycles. The van der Waals surface area contributed by atoms with Crippen LogP contribution in [0, 0.1) is 17.6 Å². The van der Waals surface area contributed by atoms with Gasteiger partial charge >= 0.3 is 0 Å². The summed E-state index contributed by atoms with van der Waals surface area (Å²) in [7, 11) is 0. The Kier molecular flexibility index (Phi) is 4.92. The molecule has 0 aliphatic heterocycles. The summed E-state index contributed by atoms with van der Waals surface area (Å²) in [5.41, 5.74) is 0.547. The molecule has 1 heterocycles. The summed E-state index contributed by atoms with van der Waals surface area (Å²) < 4.78 is 31.8. The van der Waals surface area contributed by atoms with Crippen LogP contribution in [0.2, 0.25) is 0 Å². The second-order valence-corrected chi connectivity index (χ2v) is 6.42. The highest BCUT2D eigenvalue weighted by molar-refractivity contribution is 5.78. The fourth-order valence-electron chi connectivity index (χ4n) is 3.16. The first-order valence-corrected chi connectivity index (χ1v) is 8.23. The van der Waals surface area contributed by atoms with Crippen LogP contribution in [0.5, 0.6) is 0 Å². The Morgan fingerprint density at radius 2 is 2.08 bits per heavy atom. The van der Waals surface area contributed by atoms with Gasteiger partial charge in [0.1, 0.15) is 11.6 Å². The topological polar surface area (TPSA) is 55.1 Å². The summed E-state index contributed by atoms with van der Waals surface area (Å²) in [5.74, 6) is -0.839. The normalized spacial score (nSPS) is 20.8. The van der Waals surface area contributed by atoms with Crippen LogP contribution in [0.15, 0.2) is 28.8 Å². The fraction of sp³-hybridized carbons (Fsp3) is 0.444. The van der Waals surface area contributed by atoms with Crippen LogP contribution in [-0.4, -0.2) is 17.1 Å². The van der Waals surface area contributed by atoms with Gasteiger partial charge in [-0.15, -0.1) is 0 Å². The van der Waals surface area contributed by atoms with Crippen molar-refractivity contribution in [2.45, 2.75) is 45.1 Å². The molecule has 128 valence electrons. The lowest BCUT2D eigenvalue weighted by atomic mass is 9.86. The Morgan fingerprint density at radius 3 is 2.83 bits per heavy atom. The first kappa shape index (κ1) is 16.6. The third-order valence-electron chi connectivity index (χ3n) is 4.56. The van der Waals surface area contributed by atoms with E-state index in [1.807, 2.05) is 0 Å². The summed E-state index contributed by atoms with van der Waals surface area (Å²) in [6.07, 6.45) is 4.55. The Hall–Kier alpha value is -2.24. The minimum atomic E-state index is -0.724. The zero-order valence-electron chi connectivity index (χ0n) is 13.5. The molecule has 0 bridgehead atoms. The van der Waals surface area contributed by atoms with E-state index in [1.54, 1.807) is 0 Å². The molecule has 24 heavy (non-hydrogen) atoms. The van der Waals surface area contributed by atoms with E-state index in [-0.39, 0.29) is 29.7 Å². The molecule has 4 nitrogen and oxygen atoms in total. The van der Waals surface area contributed by atoms with Gasteiger partial charge in [-0.1, -0.05) is 24.9 Å². The number of halogens is 2. The molecule has 1 aliphatic rings. The van der Waals surface area contributed by atoms with E-state index in [1.165, 1.54) is 18.6 Å². The van der Waals surface area contributed by atoms with Gasteiger partial charge in [-0.2, -0.15) is 0 Å². The molecular formula is C18H20F2N2O2. The maximum Gasteiger partial charge on any atom is 0.226 e. The standard InChI is InChI=1S/C18H20F2N2O2/c1-11-4-2-3-5-16(11)21-18(23)10-13-9-17(24-22-13)14-7-6-12(19)8-15(14)20/h6-9,11,16H,2-5,10H2,1H3,(H,21,23). The van der Waals surface area contributed by atoms with Gasteiger partial charge in [-0.25, -0.2) is 8.78 Å². The molecule has 1 N–H and O–H groups in total. The van der Waals surface area contributed by atoms with E-state index in [0.717, 1.165) is 31.4 Å². The van der Waals surface area contributed by atoms with Crippen LogP contribution in [0.25, 0.3) is 11.3 Å². The summed E-state index contributed by atoms with van der Waals surface area (Å²) in [4.78, 5) is 12.2. The predicted molar refractivity (Wildman–Crippen MR) is 85.1 cm³/mol. The van der Waals surface area contributed by atoms with Gasteiger partial charge < -0.3 is 9.84 Å². The van der Waals surface area contributed by atoms with E-state index in [2.05, 4.69) is 17.4 Å². The van der Waals surface area contributed by atoms with Crippen LogP contribution in [0.1, 0.15) is 38.3 Å². The lowest BCUT2D eigenvalue weighted by Crippen LogP contribution is -2.41. The van der Waals surface area contributed by atoms with Crippen LogP contribution in [-0.2, 0) is 11.2 Å². The second-order valence-electron chi connectivity index (χ2n) is 6.42. The summed E-state index contributed by atoms with van der Waals surface area (Å²) in [5, 5.41) is 6.85. The summed E-state index contributed by atoms with van der Waals surface area (Å²) >= 11 is 0. The monoisotopic (exact) mass is 334 g/mol. The molecule has 2 aromatic rings. The van der Waals surface area contributed by atoms with Crippen molar-refractivity contribution in [2.24, 2.45) is 5.92 Å². The molecule has 3 rings (SSSR count). The number of nitrogens with one attached hydrogen (secondary N) is 1. The molecule has 1 fully saturated rings. The number of carbonyl (C=O) groups excluding carboxylic acids is 1. The summed E-state index contributed by atoms with van der Waals surface area (Å²) in [6.45, 7) is 2.15. The van der Waals surface area contributed by atoms with E-state index in [9.17, 15) is 13.6 Å². The molecule has 1 aromatic heterocycles. The Morgan fingerprint density at radius 1 is 1.29 bits per heavy atom. The highest BCUT2D eigenvalue weighted by Gasteiger charge is 2.23. The molecular weight excluding hydrogens is 314 g/mol. The van der Waals surface area contributed by atoms with Crippen LogP contribution >= 0.6 is 0 Å². The number of nitrogens with zero attached hydrogens (tertiary/aromatic N) is 1. The first-order chi connectivity index (χ1) is 11.5. The van der Waals surface area contributed by atoms with Gasteiger partial charge in [-0.3, -0.25) is 4.79 Å². The highest BCUT2D eigenvalue weighted by atomic mass is 19.1. The average Bonchev–Trinajstić information content (AvgIpc) is 2.97. The minimum absolute atomic E-state index is 0.0789. The smallest absolute Gasteiger partial charge is 0.226 e. The maximum atomic E-state index is 13.8. The minimum Gasteiger partial charge on any atom is -0.356 e. The van der Waals surface area contributed by atoms with Gasteiger partial charge in [0.05, 0.1) is 17.7 Å². The number of carbonyl (C=O) groups is 1. The maximum absolute atomic E-state index is 13.8. The zero-order chi connectivity index (χ0) is 17.1. The predicted octanol–water partition coefficient (Wildman–Crippen LogP) is 3.86. The highest BCUT2D eigenvalue weighted by Crippen LogP contribution is 2.25. The van der Waals surface area contributed by atoms with Crippen molar-refractivity contribution in [1.29, 1.82) is 0 Å². The third-order valence-corrected chi connectivity index (χ3v) is 4.56. The van der Waals surface area contributed by atoms with E-state index in [4.69, 9.17) is 4.52 Å². The molecule has 6 heteroatoms. The van der Waals surface area contributed by atoms with Crippen LogP contribution in [0.4, 0.5) is 8.78 Å². The van der Waals surface area contributed by atoms with Crippen molar-refractivity contribution in [2.75, 3.05) is 0 Å². The number of hydrogen-bond acceptors (Lipinski definition) is 3. The molecule has 1 saturated carbocycles. The van der Waals surface area contributed by atoms with Crippen molar-refractivity contribution in [3.63, 3.8) is 0 Å². The second kappa shape index (κ2) is 7.11. The Labute approximate surface area is 139 Å². The SMILES string of the molecule is CC1CCCCC1NC(=O)Cc1cc(-c2ccc(F)cc2F)on1. The van der Waals surface area contributed by atoms with Gasteiger partial charge in [0.25, 0.3) is 0 Å². The first-order valence-electron chi connectivity index (χ1n) is 8.23. The van der Waals surface area contributed by atoms with Crippen LogP contribution in [0.3, 0.4) is 0 Å². The van der Waals surface area contributed by atoms with Gasteiger partial charge in [0.15, 0.2) is 5.76 Å². The van der Waals surface area contributed by atoms with Crippen molar-refractivity contribution in [3.8, 4) is 11.3 Å². The van der Waals surface area contributed by atoms with E-state index < -0.39 is 11.6 Å². The number of benzene rings is 1. The van der Waals surface area contributed by atoms with Gasteiger partial charge in [0, 0.05) is 18.2 Å². The number of rotatable bonds is 4. The zero-order valence-corrected chi connectivity index (χ0v) is 13.5. The molecule has 2 unspecified atom stereocenters. The molecule has 0 saturated heterocycles. The summed E-state index contributed by atoms with van der Waals surface area (Å²) in [6, 6.07) is 4.94. The fourth-order valence-corrected chi connectivity index (χ4v) is 3.16. The quantitative estimate of drug-likeness (QED) is 0.924. The number of hydrogen-bond donors (Lipinski definition) is 1. The molecule has 0 spiro atoms. The molecule has 0 radical (unpaired) electrons. The van der Waals surface area contributed by atoms with Gasteiger partial charge in [0.2, 0.25) is 5.91 Å². The van der Waals surface area contributed by atoms with E-state index in [0.29, 0.717) is 11.6 Å².